The van der Waals surface area contributed by atoms with Crippen LogP contribution in [0.15, 0.2) is 54.7 Å². The summed E-state index contributed by atoms with van der Waals surface area (Å²) in [5.74, 6) is 2.04. The van der Waals surface area contributed by atoms with E-state index < -0.39 is 0 Å². The average molecular weight is 447 g/mol. The van der Waals surface area contributed by atoms with Crippen molar-refractivity contribution in [2.75, 3.05) is 35.5 Å². The van der Waals surface area contributed by atoms with E-state index in [1.54, 1.807) is 25.3 Å². The van der Waals surface area contributed by atoms with Gasteiger partial charge in [0.1, 0.15) is 11.5 Å². The molecule has 0 aliphatic heterocycles. The van der Waals surface area contributed by atoms with Gasteiger partial charge in [0.05, 0.1) is 46.7 Å². The summed E-state index contributed by atoms with van der Waals surface area (Å²) in [5, 5.41) is 0.937. The quantitative estimate of drug-likeness (QED) is 0.378. The highest BCUT2D eigenvalue weighted by atomic mass is 16.5. The SMILES string of the molecule is COc1ccc(-c2c[nH]c3cccc(OC)c23)cc1C(=O)c1ccc(OC)c(OC)c1OC. The predicted molar refractivity (Wildman–Crippen MR) is 126 cm³/mol. The van der Waals surface area contributed by atoms with E-state index in [1.165, 1.54) is 28.4 Å². The van der Waals surface area contributed by atoms with E-state index in [2.05, 4.69) is 4.98 Å². The van der Waals surface area contributed by atoms with E-state index in [0.717, 1.165) is 27.8 Å². The zero-order chi connectivity index (χ0) is 23.5. The molecular weight excluding hydrogens is 422 g/mol. The van der Waals surface area contributed by atoms with Gasteiger partial charge in [0, 0.05) is 22.7 Å². The van der Waals surface area contributed by atoms with Gasteiger partial charge in [0.15, 0.2) is 11.5 Å². The summed E-state index contributed by atoms with van der Waals surface area (Å²) < 4.78 is 27.4. The van der Waals surface area contributed by atoms with Crippen molar-refractivity contribution >= 4 is 16.7 Å². The van der Waals surface area contributed by atoms with Crippen molar-refractivity contribution in [2.45, 2.75) is 0 Å². The lowest BCUT2D eigenvalue weighted by Gasteiger charge is -2.16. The molecule has 1 N–H and O–H groups in total. The predicted octanol–water partition coefficient (Wildman–Crippen LogP) is 5.11. The zero-order valence-electron chi connectivity index (χ0n) is 19.1. The molecule has 33 heavy (non-hydrogen) atoms. The number of benzene rings is 3. The lowest BCUT2D eigenvalue weighted by atomic mass is 9.96. The van der Waals surface area contributed by atoms with Crippen molar-refractivity contribution in [3.05, 3.63) is 65.9 Å². The van der Waals surface area contributed by atoms with Gasteiger partial charge in [0.25, 0.3) is 0 Å². The summed E-state index contributed by atoms with van der Waals surface area (Å²) in [6, 6.07) is 14.6. The van der Waals surface area contributed by atoms with Crippen molar-refractivity contribution in [3.63, 3.8) is 0 Å². The van der Waals surface area contributed by atoms with Crippen LogP contribution in [0.2, 0.25) is 0 Å². The summed E-state index contributed by atoms with van der Waals surface area (Å²) in [6.07, 6.45) is 1.90. The minimum atomic E-state index is -0.265. The van der Waals surface area contributed by atoms with Crippen molar-refractivity contribution in [3.8, 4) is 39.9 Å². The first-order valence-electron chi connectivity index (χ1n) is 10.2. The third-order valence-corrected chi connectivity index (χ3v) is 5.59. The molecule has 0 atom stereocenters. The summed E-state index contributed by atoms with van der Waals surface area (Å²) in [5.41, 5.74) is 3.43. The number of aromatic nitrogens is 1. The molecule has 0 spiro atoms. The van der Waals surface area contributed by atoms with E-state index in [-0.39, 0.29) is 5.78 Å². The Bertz CT molecular complexity index is 1320. The molecule has 0 saturated heterocycles. The van der Waals surface area contributed by atoms with Gasteiger partial charge >= 0.3 is 0 Å². The van der Waals surface area contributed by atoms with E-state index in [0.29, 0.717) is 34.1 Å². The molecule has 0 radical (unpaired) electrons. The molecule has 4 rings (SSSR count). The Morgan fingerprint density at radius 1 is 0.697 bits per heavy atom. The Morgan fingerprint density at radius 2 is 1.39 bits per heavy atom. The molecule has 0 aliphatic carbocycles. The van der Waals surface area contributed by atoms with Crippen LogP contribution in [0, 0.1) is 0 Å². The Hall–Kier alpha value is -4.13. The highest BCUT2D eigenvalue weighted by molar-refractivity contribution is 6.14. The lowest BCUT2D eigenvalue weighted by molar-refractivity contribution is 0.103. The zero-order valence-corrected chi connectivity index (χ0v) is 19.1. The topological polar surface area (TPSA) is 79.0 Å². The van der Waals surface area contributed by atoms with Crippen LogP contribution in [0.25, 0.3) is 22.0 Å². The van der Waals surface area contributed by atoms with Gasteiger partial charge < -0.3 is 28.7 Å². The number of aromatic amines is 1. The van der Waals surface area contributed by atoms with Gasteiger partial charge in [-0.15, -0.1) is 0 Å². The number of rotatable bonds is 8. The number of ketones is 1. The fourth-order valence-corrected chi connectivity index (χ4v) is 4.03. The third kappa shape index (κ3) is 3.71. The van der Waals surface area contributed by atoms with E-state index in [4.69, 9.17) is 23.7 Å². The summed E-state index contributed by atoms with van der Waals surface area (Å²) >= 11 is 0. The molecule has 0 amide bonds. The summed E-state index contributed by atoms with van der Waals surface area (Å²) in [6.45, 7) is 0. The van der Waals surface area contributed by atoms with Crippen LogP contribution in [0.4, 0.5) is 0 Å². The molecule has 3 aromatic carbocycles. The second-order valence-electron chi connectivity index (χ2n) is 7.21. The molecule has 7 heteroatoms. The molecule has 4 aromatic rings. The molecule has 0 fully saturated rings. The van der Waals surface area contributed by atoms with Crippen molar-refractivity contribution in [1.82, 2.24) is 4.98 Å². The van der Waals surface area contributed by atoms with Gasteiger partial charge in [-0.1, -0.05) is 12.1 Å². The molecule has 0 saturated carbocycles. The van der Waals surface area contributed by atoms with Gasteiger partial charge in [-0.05, 0) is 42.0 Å². The highest BCUT2D eigenvalue weighted by Gasteiger charge is 2.24. The van der Waals surface area contributed by atoms with Crippen LogP contribution in [0.5, 0.6) is 28.7 Å². The molecule has 170 valence electrons. The number of methoxy groups -OCH3 is 5. The van der Waals surface area contributed by atoms with Crippen LogP contribution in [-0.2, 0) is 0 Å². The van der Waals surface area contributed by atoms with Crippen LogP contribution in [-0.4, -0.2) is 46.3 Å². The highest BCUT2D eigenvalue weighted by Crippen LogP contribution is 2.42. The first-order chi connectivity index (χ1) is 16.1. The maximum Gasteiger partial charge on any atom is 0.204 e. The third-order valence-electron chi connectivity index (χ3n) is 5.59. The van der Waals surface area contributed by atoms with Crippen molar-refractivity contribution in [2.24, 2.45) is 0 Å². The molecule has 7 nitrogen and oxygen atoms in total. The minimum Gasteiger partial charge on any atom is -0.496 e. The number of hydrogen-bond donors (Lipinski definition) is 1. The van der Waals surface area contributed by atoms with Gasteiger partial charge in [0.2, 0.25) is 11.5 Å². The van der Waals surface area contributed by atoms with Crippen LogP contribution < -0.4 is 23.7 Å². The van der Waals surface area contributed by atoms with Crippen LogP contribution in [0.3, 0.4) is 0 Å². The maximum atomic E-state index is 13.7. The van der Waals surface area contributed by atoms with E-state index in [1.807, 2.05) is 36.5 Å². The molecule has 0 bridgehead atoms. The Balaban J connectivity index is 1.89. The van der Waals surface area contributed by atoms with Crippen molar-refractivity contribution in [1.29, 1.82) is 0 Å². The van der Waals surface area contributed by atoms with Crippen LogP contribution >= 0.6 is 0 Å². The Morgan fingerprint density at radius 3 is 2.06 bits per heavy atom. The average Bonchev–Trinajstić information content (AvgIpc) is 3.31. The first kappa shape index (κ1) is 22.1. The maximum absolute atomic E-state index is 13.7. The van der Waals surface area contributed by atoms with Gasteiger partial charge in [-0.25, -0.2) is 0 Å². The first-order valence-corrected chi connectivity index (χ1v) is 10.2. The van der Waals surface area contributed by atoms with Crippen LogP contribution in [0.1, 0.15) is 15.9 Å². The number of ether oxygens (including phenoxy) is 5. The largest absolute Gasteiger partial charge is 0.496 e. The smallest absolute Gasteiger partial charge is 0.204 e. The second-order valence-corrected chi connectivity index (χ2v) is 7.21. The number of nitrogens with one attached hydrogen (secondary N) is 1. The number of fused-ring (bicyclic) bond motifs is 1. The van der Waals surface area contributed by atoms with Gasteiger partial charge in [-0.2, -0.15) is 0 Å². The Labute approximate surface area is 191 Å². The summed E-state index contributed by atoms with van der Waals surface area (Å²) in [4.78, 5) is 17.0. The van der Waals surface area contributed by atoms with Crippen molar-refractivity contribution < 1.29 is 28.5 Å². The molecule has 0 unspecified atom stereocenters. The normalized spacial score (nSPS) is 10.7. The fraction of sp³-hybridized carbons (Fsp3) is 0.192. The van der Waals surface area contributed by atoms with Gasteiger partial charge in [-0.3, -0.25) is 4.79 Å². The standard InChI is InChI=1S/C26H25NO6/c1-29-20-11-9-15(18-14-27-19-7-6-8-21(30-2)23(18)19)13-17(20)24(28)16-10-12-22(31-3)26(33-5)25(16)32-4/h6-14,27H,1-5H3. The molecule has 0 aliphatic rings. The number of carbonyl (C=O) groups is 1. The molecule has 1 aromatic heterocycles. The minimum absolute atomic E-state index is 0.265. The molecule has 1 heterocycles. The fourth-order valence-electron chi connectivity index (χ4n) is 4.03. The van der Waals surface area contributed by atoms with E-state index >= 15 is 0 Å². The number of hydrogen-bond acceptors (Lipinski definition) is 6. The summed E-state index contributed by atoms with van der Waals surface area (Å²) in [7, 11) is 7.69. The lowest BCUT2D eigenvalue weighted by Crippen LogP contribution is -2.08. The Kier molecular flexibility index (Phi) is 6.13. The second kappa shape index (κ2) is 9.16. The number of carbonyl (C=O) groups excluding carboxylic acids is 1. The van der Waals surface area contributed by atoms with E-state index in [9.17, 15) is 4.79 Å². The monoisotopic (exact) mass is 447 g/mol. The number of H-pyrrole nitrogens is 1. The molecular formula is C26H25NO6.